The summed E-state index contributed by atoms with van der Waals surface area (Å²) in [5, 5.41) is 2.83. The molecule has 176 valence electrons. The fourth-order valence-electron chi connectivity index (χ4n) is 3.60. The predicted octanol–water partition coefficient (Wildman–Crippen LogP) is 5.31. The summed E-state index contributed by atoms with van der Waals surface area (Å²) in [5.41, 5.74) is 3.66. The van der Waals surface area contributed by atoms with E-state index in [1.807, 2.05) is 26.8 Å². The van der Waals surface area contributed by atoms with E-state index in [1.54, 1.807) is 60.0 Å². The Morgan fingerprint density at radius 1 is 0.971 bits per heavy atom. The van der Waals surface area contributed by atoms with Crippen LogP contribution in [0.1, 0.15) is 41.4 Å². The van der Waals surface area contributed by atoms with Gasteiger partial charge in [-0.3, -0.25) is 18.9 Å². The van der Waals surface area contributed by atoms with Crippen molar-refractivity contribution in [2.75, 3.05) is 10.0 Å². The van der Waals surface area contributed by atoms with Crippen molar-refractivity contribution in [1.29, 1.82) is 0 Å². The zero-order chi connectivity index (χ0) is 24.6. The molecule has 1 amide bonds. The molecule has 0 fully saturated rings. The quantitative estimate of drug-likeness (QED) is 0.379. The molecule has 4 aromatic rings. The van der Waals surface area contributed by atoms with Crippen LogP contribution in [-0.4, -0.2) is 18.9 Å². The summed E-state index contributed by atoms with van der Waals surface area (Å²) in [5.74, 6) is -0.384. The predicted molar refractivity (Wildman–Crippen MR) is 138 cm³/mol. The second-order valence-electron chi connectivity index (χ2n) is 8.42. The zero-order valence-corrected chi connectivity index (χ0v) is 20.9. The van der Waals surface area contributed by atoms with Gasteiger partial charge in [-0.05, 0) is 75.7 Å². The number of benzene rings is 3. The first-order chi connectivity index (χ1) is 16.0. The molecule has 9 heteroatoms. The van der Waals surface area contributed by atoms with Gasteiger partial charge in [0.15, 0.2) is 0 Å². The number of hydrogen-bond donors (Lipinski definition) is 2. The van der Waals surface area contributed by atoms with Crippen molar-refractivity contribution in [2.45, 2.75) is 38.6 Å². The first-order valence-electron chi connectivity index (χ1n) is 10.7. The Bertz CT molecular complexity index is 1550. The van der Waals surface area contributed by atoms with Crippen molar-refractivity contribution in [2.24, 2.45) is 0 Å². The average Bonchev–Trinajstić information content (AvgIpc) is 3.10. The Morgan fingerprint density at radius 2 is 1.68 bits per heavy atom. The van der Waals surface area contributed by atoms with E-state index in [2.05, 4.69) is 10.0 Å². The van der Waals surface area contributed by atoms with Crippen molar-refractivity contribution in [3.63, 3.8) is 0 Å². The van der Waals surface area contributed by atoms with Crippen LogP contribution in [0.4, 0.5) is 11.4 Å². The average molecular weight is 496 g/mol. The van der Waals surface area contributed by atoms with Gasteiger partial charge in [0.25, 0.3) is 15.9 Å². The number of fused-ring (bicyclic) bond motifs is 1. The molecule has 3 aromatic carbocycles. The molecule has 0 radical (unpaired) electrons. The van der Waals surface area contributed by atoms with Crippen LogP contribution < -0.4 is 14.9 Å². The topological polar surface area (TPSA) is 97.3 Å². The number of aromatic nitrogens is 1. The fraction of sp³-hybridized carbons (Fsp3) is 0.200. The third-order valence-electron chi connectivity index (χ3n) is 5.46. The Kier molecular flexibility index (Phi) is 6.33. The second-order valence-corrected chi connectivity index (χ2v) is 11.1. The lowest BCUT2D eigenvalue weighted by Crippen LogP contribution is -2.16. The number of rotatable bonds is 6. The normalized spacial score (nSPS) is 11.7. The van der Waals surface area contributed by atoms with Gasteiger partial charge in [-0.15, -0.1) is 0 Å². The Labute approximate surface area is 202 Å². The van der Waals surface area contributed by atoms with E-state index in [0.29, 0.717) is 22.5 Å². The van der Waals surface area contributed by atoms with Gasteiger partial charge in [-0.25, -0.2) is 8.42 Å². The maximum Gasteiger partial charge on any atom is 0.308 e. The van der Waals surface area contributed by atoms with Crippen molar-refractivity contribution >= 4 is 48.9 Å². The molecule has 34 heavy (non-hydrogen) atoms. The molecule has 0 aliphatic carbocycles. The van der Waals surface area contributed by atoms with Crippen LogP contribution in [0, 0.1) is 13.8 Å². The van der Waals surface area contributed by atoms with E-state index < -0.39 is 10.0 Å². The van der Waals surface area contributed by atoms with E-state index >= 15 is 0 Å². The molecule has 0 aliphatic heterocycles. The van der Waals surface area contributed by atoms with Gasteiger partial charge in [0.2, 0.25) is 0 Å². The number of thiazole rings is 1. The minimum absolute atomic E-state index is 0.0383. The van der Waals surface area contributed by atoms with Crippen LogP contribution >= 0.6 is 11.3 Å². The monoisotopic (exact) mass is 495 g/mol. The molecule has 0 atom stereocenters. The summed E-state index contributed by atoms with van der Waals surface area (Å²) >= 11 is 1.13. The van der Waals surface area contributed by atoms with Crippen molar-refractivity contribution in [3.05, 3.63) is 87.0 Å². The lowest BCUT2D eigenvalue weighted by atomic mass is 10.1. The largest absolute Gasteiger partial charge is 0.322 e. The number of anilines is 2. The van der Waals surface area contributed by atoms with Gasteiger partial charge in [-0.1, -0.05) is 35.1 Å². The van der Waals surface area contributed by atoms with E-state index in [9.17, 15) is 18.0 Å². The van der Waals surface area contributed by atoms with E-state index in [1.165, 1.54) is 6.07 Å². The first-order valence-corrected chi connectivity index (χ1v) is 13.0. The first kappa shape index (κ1) is 23.7. The van der Waals surface area contributed by atoms with Crippen LogP contribution in [-0.2, 0) is 10.0 Å². The van der Waals surface area contributed by atoms with E-state index in [0.717, 1.165) is 27.1 Å². The van der Waals surface area contributed by atoms with Crippen molar-refractivity contribution in [3.8, 4) is 0 Å². The lowest BCUT2D eigenvalue weighted by Gasteiger charge is -2.13. The summed E-state index contributed by atoms with van der Waals surface area (Å²) in [7, 11) is -3.80. The molecule has 7 nitrogen and oxygen atoms in total. The number of sulfonamides is 1. The standard InChI is InChI=1S/C25H25N3O4S2/c1-15(2)28-22-12-9-19(14-23(22)33-25(28)30)26-24(29)18-8-7-17(4)21(13-18)27-34(31,32)20-10-5-16(3)6-11-20/h5-15,27H,1-4H3,(H,26,29). The van der Waals surface area contributed by atoms with Crippen LogP contribution in [0.3, 0.4) is 0 Å². The Morgan fingerprint density at radius 3 is 2.35 bits per heavy atom. The molecule has 0 saturated heterocycles. The molecule has 2 N–H and O–H groups in total. The summed E-state index contributed by atoms with van der Waals surface area (Å²) < 4.78 is 30.7. The van der Waals surface area contributed by atoms with Gasteiger partial charge >= 0.3 is 4.87 Å². The smallest absolute Gasteiger partial charge is 0.308 e. The van der Waals surface area contributed by atoms with E-state index in [-0.39, 0.29) is 21.7 Å². The molecular weight excluding hydrogens is 470 g/mol. The van der Waals surface area contributed by atoms with Crippen LogP contribution in [0.2, 0.25) is 0 Å². The highest BCUT2D eigenvalue weighted by atomic mass is 32.2. The minimum Gasteiger partial charge on any atom is -0.322 e. The number of hydrogen-bond acceptors (Lipinski definition) is 5. The van der Waals surface area contributed by atoms with Crippen LogP contribution in [0.15, 0.2) is 70.4 Å². The van der Waals surface area contributed by atoms with Gasteiger partial charge in [0.1, 0.15) is 0 Å². The van der Waals surface area contributed by atoms with Crippen molar-refractivity contribution in [1.82, 2.24) is 4.57 Å². The van der Waals surface area contributed by atoms with Crippen LogP contribution in [0.25, 0.3) is 10.2 Å². The zero-order valence-electron chi connectivity index (χ0n) is 19.2. The molecule has 0 bridgehead atoms. The number of carbonyl (C=O) groups excluding carboxylic acids is 1. The molecule has 0 saturated carbocycles. The maximum absolute atomic E-state index is 12.9. The lowest BCUT2D eigenvalue weighted by molar-refractivity contribution is 0.102. The van der Waals surface area contributed by atoms with Gasteiger partial charge in [0, 0.05) is 17.3 Å². The summed E-state index contributed by atoms with van der Waals surface area (Å²) in [4.78, 5) is 25.3. The van der Waals surface area contributed by atoms with Crippen LogP contribution in [0.5, 0.6) is 0 Å². The summed E-state index contributed by atoms with van der Waals surface area (Å²) in [6.07, 6.45) is 0. The third kappa shape index (κ3) is 4.76. The maximum atomic E-state index is 12.9. The fourth-order valence-corrected chi connectivity index (χ4v) is 5.77. The molecular formula is C25H25N3O4S2. The van der Waals surface area contributed by atoms with E-state index in [4.69, 9.17) is 0 Å². The number of nitrogens with zero attached hydrogens (tertiary/aromatic N) is 1. The highest BCUT2D eigenvalue weighted by Gasteiger charge is 2.17. The summed E-state index contributed by atoms with van der Waals surface area (Å²) in [6.45, 7) is 7.55. The number of amides is 1. The molecule has 0 spiro atoms. The minimum atomic E-state index is -3.80. The van der Waals surface area contributed by atoms with Gasteiger partial charge in [0.05, 0.1) is 20.8 Å². The highest BCUT2D eigenvalue weighted by molar-refractivity contribution is 7.92. The highest BCUT2D eigenvalue weighted by Crippen LogP contribution is 2.26. The molecule has 0 aliphatic rings. The summed E-state index contributed by atoms with van der Waals surface area (Å²) in [6, 6.07) is 16.8. The number of carbonyl (C=O) groups is 1. The number of aryl methyl sites for hydroxylation is 2. The van der Waals surface area contributed by atoms with Gasteiger partial charge < -0.3 is 5.32 Å². The van der Waals surface area contributed by atoms with Crippen molar-refractivity contribution < 1.29 is 13.2 Å². The second kappa shape index (κ2) is 9.08. The molecule has 1 heterocycles. The Hall–Kier alpha value is -3.43. The molecule has 0 unspecified atom stereocenters. The van der Waals surface area contributed by atoms with Gasteiger partial charge in [-0.2, -0.15) is 0 Å². The number of nitrogens with one attached hydrogen (secondary N) is 2. The third-order valence-corrected chi connectivity index (χ3v) is 7.76. The Balaban J connectivity index is 1.58. The SMILES string of the molecule is Cc1ccc(S(=O)(=O)Nc2cc(C(=O)Nc3ccc4c(c3)sc(=O)n4C(C)C)ccc2C)cc1. The molecule has 4 rings (SSSR count). The molecule has 1 aromatic heterocycles.